The van der Waals surface area contributed by atoms with Crippen LogP contribution >= 0.6 is 11.3 Å². The standard InChI is InChI=1S/C15H20N2O2S/c1-2-17-8-3-6-13(11-17)16-15(19)14-12(5-4-9-18)7-10-20-14/h7,10,13,18H,2-3,6,8-9,11H2,1H3,(H,16,19). The number of aliphatic hydroxyl groups is 1. The van der Waals surface area contributed by atoms with Gasteiger partial charge in [-0.2, -0.15) is 0 Å². The third-order valence-corrected chi connectivity index (χ3v) is 4.37. The lowest BCUT2D eigenvalue weighted by Crippen LogP contribution is -2.47. The quantitative estimate of drug-likeness (QED) is 0.826. The largest absolute Gasteiger partial charge is 0.384 e. The SMILES string of the molecule is CCN1CCCC(NC(=O)c2sccc2C#CCO)C1. The summed E-state index contributed by atoms with van der Waals surface area (Å²) in [5.41, 5.74) is 0.699. The van der Waals surface area contributed by atoms with E-state index in [1.807, 2.05) is 11.4 Å². The van der Waals surface area contributed by atoms with Crippen molar-refractivity contribution >= 4 is 17.2 Å². The molecule has 1 aromatic rings. The first kappa shape index (κ1) is 15.0. The number of amides is 1. The number of thiophene rings is 1. The summed E-state index contributed by atoms with van der Waals surface area (Å²) in [7, 11) is 0. The molecule has 1 atom stereocenters. The molecule has 0 bridgehead atoms. The fourth-order valence-corrected chi connectivity index (χ4v) is 3.18. The maximum Gasteiger partial charge on any atom is 0.262 e. The third-order valence-electron chi connectivity index (χ3n) is 3.46. The van der Waals surface area contributed by atoms with Crippen LogP contribution in [0, 0.1) is 11.8 Å². The van der Waals surface area contributed by atoms with Crippen molar-refractivity contribution in [2.24, 2.45) is 0 Å². The maximum absolute atomic E-state index is 12.3. The fourth-order valence-electron chi connectivity index (χ4n) is 2.43. The Labute approximate surface area is 123 Å². The van der Waals surface area contributed by atoms with Gasteiger partial charge in [0.1, 0.15) is 11.5 Å². The van der Waals surface area contributed by atoms with Crippen molar-refractivity contribution in [2.75, 3.05) is 26.2 Å². The minimum absolute atomic E-state index is 0.0507. The first-order chi connectivity index (χ1) is 9.74. The molecule has 2 heterocycles. The molecule has 2 rings (SSSR count). The number of likely N-dealkylation sites (N-methyl/N-ethyl adjacent to an activating group) is 1. The number of aliphatic hydroxyl groups excluding tert-OH is 1. The van der Waals surface area contributed by atoms with E-state index in [9.17, 15) is 4.79 Å². The van der Waals surface area contributed by atoms with Crippen LogP contribution in [0.15, 0.2) is 11.4 Å². The second-order valence-corrected chi connectivity index (χ2v) is 5.75. The van der Waals surface area contributed by atoms with Gasteiger partial charge in [0, 0.05) is 18.2 Å². The number of hydrogen-bond donors (Lipinski definition) is 2. The zero-order valence-electron chi connectivity index (χ0n) is 11.7. The van der Waals surface area contributed by atoms with Crippen LogP contribution in [0.1, 0.15) is 35.0 Å². The Kier molecular flexibility index (Phi) is 5.60. The van der Waals surface area contributed by atoms with E-state index < -0.39 is 0 Å². The van der Waals surface area contributed by atoms with Crippen molar-refractivity contribution in [3.05, 3.63) is 21.9 Å². The molecule has 108 valence electrons. The minimum atomic E-state index is -0.189. The Hall–Kier alpha value is -1.35. The summed E-state index contributed by atoms with van der Waals surface area (Å²) < 4.78 is 0. The van der Waals surface area contributed by atoms with Crippen LogP contribution in [0.2, 0.25) is 0 Å². The van der Waals surface area contributed by atoms with E-state index in [1.54, 1.807) is 0 Å². The number of hydrogen-bond acceptors (Lipinski definition) is 4. The summed E-state index contributed by atoms with van der Waals surface area (Å²) in [6.07, 6.45) is 2.16. The monoisotopic (exact) mass is 292 g/mol. The van der Waals surface area contributed by atoms with Gasteiger partial charge in [-0.1, -0.05) is 18.8 Å². The van der Waals surface area contributed by atoms with Gasteiger partial charge in [0.15, 0.2) is 0 Å². The Bertz CT molecular complexity index is 515. The summed E-state index contributed by atoms with van der Waals surface area (Å²) >= 11 is 1.39. The zero-order chi connectivity index (χ0) is 14.4. The van der Waals surface area contributed by atoms with E-state index in [0.29, 0.717) is 10.4 Å². The van der Waals surface area contributed by atoms with Gasteiger partial charge in [0.2, 0.25) is 0 Å². The number of carbonyl (C=O) groups excluding carboxylic acids is 1. The number of likely N-dealkylation sites (tertiary alicyclic amines) is 1. The molecule has 1 aliphatic heterocycles. The predicted molar refractivity (Wildman–Crippen MR) is 80.9 cm³/mol. The van der Waals surface area contributed by atoms with Gasteiger partial charge in [-0.3, -0.25) is 4.79 Å². The highest BCUT2D eigenvalue weighted by atomic mass is 32.1. The minimum Gasteiger partial charge on any atom is -0.384 e. The lowest BCUT2D eigenvalue weighted by molar-refractivity contribution is 0.0910. The van der Waals surface area contributed by atoms with Crippen LogP contribution in [0.3, 0.4) is 0 Å². The van der Waals surface area contributed by atoms with Crippen LogP contribution in [0.5, 0.6) is 0 Å². The van der Waals surface area contributed by atoms with Gasteiger partial charge < -0.3 is 15.3 Å². The van der Waals surface area contributed by atoms with Gasteiger partial charge in [-0.15, -0.1) is 11.3 Å². The third kappa shape index (κ3) is 3.83. The van der Waals surface area contributed by atoms with Gasteiger partial charge in [-0.05, 0) is 37.4 Å². The van der Waals surface area contributed by atoms with Crippen molar-refractivity contribution in [3.63, 3.8) is 0 Å². The Morgan fingerprint density at radius 1 is 1.65 bits per heavy atom. The highest BCUT2D eigenvalue weighted by Gasteiger charge is 2.22. The predicted octanol–water partition coefficient (Wildman–Crippen LogP) is 1.31. The molecule has 4 nitrogen and oxygen atoms in total. The molecule has 20 heavy (non-hydrogen) atoms. The highest BCUT2D eigenvalue weighted by molar-refractivity contribution is 7.12. The second kappa shape index (κ2) is 7.44. The van der Waals surface area contributed by atoms with Gasteiger partial charge in [-0.25, -0.2) is 0 Å². The molecule has 0 radical (unpaired) electrons. The lowest BCUT2D eigenvalue weighted by atomic mass is 10.1. The van der Waals surface area contributed by atoms with E-state index in [0.717, 1.165) is 32.5 Å². The topological polar surface area (TPSA) is 52.6 Å². The molecule has 1 saturated heterocycles. The normalized spacial score (nSPS) is 19.2. The van der Waals surface area contributed by atoms with Crippen LogP contribution in [0.25, 0.3) is 0 Å². The van der Waals surface area contributed by atoms with Gasteiger partial charge in [0.25, 0.3) is 5.91 Å². The Balaban J connectivity index is 1.99. The smallest absolute Gasteiger partial charge is 0.262 e. The van der Waals surface area contributed by atoms with Crippen molar-refractivity contribution < 1.29 is 9.90 Å². The van der Waals surface area contributed by atoms with Crippen molar-refractivity contribution in [1.82, 2.24) is 10.2 Å². The summed E-state index contributed by atoms with van der Waals surface area (Å²) in [4.78, 5) is 15.3. The number of nitrogens with one attached hydrogen (secondary N) is 1. The second-order valence-electron chi connectivity index (χ2n) is 4.83. The van der Waals surface area contributed by atoms with Gasteiger partial charge >= 0.3 is 0 Å². The van der Waals surface area contributed by atoms with E-state index in [-0.39, 0.29) is 18.6 Å². The van der Waals surface area contributed by atoms with Crippen molar-refractivity contribution in [2.45, 2.75) is 25.8 Å². The number of nitrogens with zero attached hydrogens (tertiary/aromatic N) is 1. The van der Waals surface area contributed by atoms with Crippen LogP contribution in [-0.4, -0.2) is 48.2 Å². The molecule has 0 spiro atoms. The Morgan fingerprint density at radius 3 is 3.25 bits per heavy atom. The maximum atomic E-state index is 12.3. The first-order valence-electron chi connectivity index (χ1n) is 6.95. The molecule has 1 unspecified atom stereocenters. The summed E-state index contributed by atoms with van der Waals surface area (Å²) in [5, 5.41) is 13.7. The molecule has 1 aromatic heterocycles. The molecule has 0 aromatic carbocycles. The molecule has 5 heteroatoms. The van der Waals surface area contributed by atoms with E-state index in [1.165, 1.54) is 11.3 Å². The summed E-state index contributed by atoms with van der Waals surface area (Å²) in [5.74, 6) is 5.36. The average Bonchev–Trinajstić information content (AvgIpc) is 2.93. The van der Waals surface area contributed by atoms with E-state index in [2.05, 4.69) is 29.0 Å². The van der Waals surface area contributed by atoms with Crippen molar-refractivity contribution in [3.8, 4) is 11.8 Å². The van der Waals surface area contributed by atoms with Gasteiger partial charge in [0.05, 0.1) is 0 Å². The van der Waals surface area contributed by atoms with Crippen LogP contribution in [-0.2, 0) is 0 Å². The summed E-state index contributed by atoms with van der Waals surface area (Å²) in [6.45, 7) is 5.02. The molecule has 0 saturated carbocycles. The lowest BCUT2D eigenvalue weighted by Gasteiger charge is -2.32. The van der Waals surface area contributed by atoms with Crippen LogP contribution in [0.4, 0.5) is 0 Å². The molecule has 1 fully saturated rings. The summed E-state index contributed by atoms with van der Waals surface area (Å²) in [6, 6.07) is 2.04. The molecule has 1 aliphatic rings. The Morgan fingerprint density at radius 2 is 2.50 bits per heavy atom. The van der Waals surface area contributed by atoms with Crippen molar-refractivity contribution in [1.29, 1.82) is 0 Å². The molecular weight excluding hydrogens is 272 g/mol. The van der Waals surface area contributed by atoms with Crippen LogP contribution < -0.4 is 5.32 Å². The molecule has 1 amide bonds. The highest BCUT2D eigenvalue weighted by Crippen LogP contribution is 2.17. The molecule has 2 N–H and O–H groups in total. The number of piperidine rings is 1. The fraction of sp³-hybridized carbons (Fsp3) is 0.533. The van der Waals surface area contributed by atoms with E-state index >= 15 is 0 Å². The zero-order valence-corrected chi connectivity index (χ0v) is 12.5. The average molecular weight is 292 g/mol. The molecule has 0 aliphatic carbocycles. The number of carbonyl (C=O) groups is 1. The first-order valence-corrected chi connectivity index (χ1v) is 7.83. The van der Waals surface area contributed by atoms with E-state index in [4.69, 9.17) is 5.11 Å². The number of rotatable bonds is 3. The molecular formula is C15H20N2O2S.